The van der Waals surface area contributed by atoms with Gasteiger partial charge in [-0.25, -0.2) is 0 Å². The van der Waals surface area contributed by atoms with Gasteiger partial charge < -0.3 is 4.18 Å². The van der Waals surface area contributed by atoms with Crippen LogP contribution in [0.2, 0.25) is 0 Å². The minimum Gasteiger partial charge on any atom is -0.384 e. The molecular weight excluding hydrogens is 236 g/mol. The van der Waals surface area contributed by atoms with Crippen molar-refractivity contribution in [2.24, 2.45) is 0 Å². The number of benzene rings is 2. The summed E-state index contributed by atoms with van der Waals surface area (Å²) in [6, 6.07) is 11.3. The van der Waals surface area contributed by atoms with E-state index in [4.69, 9.17) is 4.18 Å². The molecule has 0 fully saturated rings. The minimum absolute atomic E-state index is 0.375. The molecule has 0 spiro atoms. The maximum atomic E-state index is 10.7. The van der Waals surface area contributed by atoms with Crippen LogP contribution >= 0.6 is 0 Å². The highest BCUT2D eigenvalue weighted by atomic mass is 32.2. The van der Waals surface area contributed by atoms with Crippen LogP contribution in [0.3, 0.4) is 0 Å². The average molecular weight is 248 g/mol. The number of hydrogen-bond donors (Lipinski definition) is 1. The van der Waals surface area contributed by atoms with Gasteiger partial charge >= 0.3 is 0 Å². The molecule has 0 aliphatic rings. The number of fused-ring (bicyclic) bond motifs is 1. The third-order valence-corrected chi connectivity index (χ3v) is 2.86. The first-order chi connectivity index (χ1) is 8.22. The summed E-state index contributed by atoms with van der Waals surface area (Å²) in [6.07, 6.45) is 2.30. The van der Waals surface area contributed by atoms with Gasteiger partial charge in [0.15, 0.2) is 0 Å². The van der Waals surface area contributed by atoms with Crippen molar-refractivity contribution >= 4 is 21.8 Å². The third kappa shape index (κ3) is 2.47. The van der Waals surface area contributed by atoms with E-state index in [1.165, 1.54) is 0 Å². The lowest BCUT2D eigenvalue weighted by Gasteiger charge is -2.09. The fourth-order valence-corrected chi connectivity index (χ4v) is 2.17. The topological polar surface area (TPSA) is 43.4 Å². The molecule has 0 amide bonds. The summed E-state index contributed by atoms with van der Waals surface area (Å²) >= 11 is 0. The Kier molecular flexibility index (Phi) is 3.44. The van der Waals surface area contributed by atoms with Crippen LogP contribution in [-0.4, -0.2) is 8.42 Å². The third-order valence-electron chi connectivity index (χ3n) is 2.52. The van der Waals surface area contributed by atoms with Gasteiger partial charge in [-0.3, -0.25) is 0 Å². The summed E-state index contributed by atoms with van der Waals surface area (Å²) in [7, 11) is -2.89. The standard InChI is InChI=1S/C13H12O3S/c1-2-5-12-11-7-4-3-6-10(11)8-9-13(12)16-17(14)15/h2-4,6-9,17H,1,5H2. The predicted octanol–water partition coefficient (Wildman–Crippen LogP) is 2.47. The quantitative estimate of drug-likeness (QED) is 0.667. The van der Waals surface area contributed by atoms with Crippen molar-refractivity contribution in [3.8, 4) is 5.75 Å². The Hall–Kier alpha value is -1.81. The molecule has 0 aliphatic carbocycles. The SMILES string of the molecule is C=CCc1c(O[SH](=O)=O)ccc2ccccc12. The van der Waals surface area contributed by atoms with Crippen molar-refractivity contribution in [2.75, 3.05) is 0 Å². The zero-order valence-electron chi connectivity index (χ0n) is 9.13. The minimum atomic E-state index is -2.89. The average Bonchev–Trinajstić information content (AvgIpc) is 2.32. The van der Waals surface area contributed by atoms with E-state index in [0.29, 0.717) is 12.2 Å². The Morgan fingerprint density at radius 2 is 1.94 bits per heavy atom. The zero-order valence-corrected chi connectivity index (χ0v) is 10.0. The van der Waals surface area contributed by atoms with Gasteiger partial charge in [0.1, 0.15) is 5.75 Å². The number of thiol groups is 1. The Morgan fingerprint density at radius 1 is 1.18 bits per heavy atom. The molecule has 0 bridgehead atoms. The van der Waals surface area contributed by atoms with Gasteiger partial charge in [-0.15, -0.1) is 6.58 Å². The molecule has 0 radical (unpaired) electrons. The Morgan fingerprint density at radius 3 is 2.65 bits per heavy atom. The van der Waals surface area contributed by atoms with E-state index in [0.717, 1.165) is 16.3 Å². The van der Waals surface area contributed by atoms with Gasteiger partial charge in [-0.2, -0.15) is 8.42 Å². The largest absolute Gasteiger partial charge is 0.384 e. The van der Waals surface area contributed by atoms with Crippen LogP contribution in [0.15, 0.2) is 49.1 Å². The van der Waals surface area contributed by atoms with Crippen LogP contribution in [0.25, 0.3) is 10.8 Å². The van der Waals surface area contributed by atoms with Crippen LogP contribution in [0.1, 0.15) is 5.56 Å². The second-order valence-electron chi connectivity index (χ2n) is 3.57. The van der Waals surface area contributed by atoms with Crippen LogP contribution < -0.4 is 4.18 Å². The number of allylic oxidation sites excluding steroid dienone is 1. The van der Waals surface area contributed by atoms with Crippen LogP contribution in [-0.2, 0) is 17.4 Å². The van der Waals surface area contributed by atoms with Crippen molar-refractivity contribution in [1.82, 2.24) is 0 Å². The first-order valence-electron chi connectivity index (χ1n) is 5.16. The summed E-state index contributed by atoms with van der Waals surface area (Å²) < 4.78 is 26.1. The monoisotopic (exact) mass is 248 g/mol. The first-order valence-corrected chi connectivity index (χ1v) is 6.26. The summed E-state index contributed by atoms with van der Waals surface area (Å²) in [5.41, 5.74) is 0.845. The van der Waals surface area contributed by atoms with Gasteiger partial charge in [0.25, 0.3) is 11.0 Å². The fraction of sp³-hybridized carbons (Fsp3) is 0.0769. The van der Waals surface area contributed by atoms with E-state index < -0.39 is 11.0 Å². The Balaban J connectivity index is 2.67. The summed E-state index contributed by atoms with van der Waals surface area (Å²) in [4.78, 5) is 0. The highest BCUT2D eigenvalue weighted by molar-refractivity contribution is 7.67. The van der Waals surface area contributed by atoms with Gasteiger partial charge in [-0.05, 0) is 23.3 Å². The highest BCUT2D eigenvalue weighted by Gasteiger charge is 2.08. The molecule has 2 aromatic rings. The smallest absolute Gasteiger partial charge is 0.299 e. The van der Waals surface area contributed by atoms with E-state index in [-0.39, 0.29) is 0 Å². The zero-order chi connectivity index (χ0) is 12.3. The number of rotatable bonds is 4. The fourth-order valence-electron chi connectivity index (χ4n) is 1.84. The van der Waals surface area contributed by atoms with E-state index in [2.05, 4.69) is 6.58 Å². The van der Waals surface area contributed by atoms with E-state index in [1.807, 2.05) is 30.3 Å². The van der Waals surface area contributed by atoms with Crippen molar-refractivity contribution in [3.05, 3.63) is 54.6 Å². The van der Waals surface area contributed by atoms with Crippen molar-refractivity contribution in [1.29, 1.82) is 0 Å². The molecule has 0 atom stereocenters. The molecule has 0 N–H and O–H groups in total. The molecule has 88 valence electrons. The van der Waals surface area contributed by atoms with Gasteiger partial charge in [-0.1, -0.05) is 36.4 Å². The molecule has 0 aromatic heterocycles. The molecule has 0 heterocycles. The second kappa shape index (κ2) is 5.01. The van der Waals surface area contributed by atoms with Gasteiger partial charge in [0.05, 0.1) is 0 Å². The molecule has 0 saturated heterocycles. The highest BCUT2D eigenvalue weighted by Crippen LogP contribution is 2.28. The van der Waals surface area contributed by atoms with E-state index in [9.17, 15) is 8.42 Å². The number of hydrogen-bond acceptors (Lipinski definition) is 3. The Bertz CT molecular complexity index is 622. The first kappa shape index (κ1) is 11.7. The van der Waals surface area contributed by atoms with Crippen molar-refractivity contribution in [2.45, 2.75) is 6.42 Å². The molecular formula is C13H12O3S. The van der Waals surface area contributed by atoms with E-state index in [1.54, 1.807) is 12.1 Å². The van der Waals surface area contributed by atoms with Gasteiger partial charge in [0.2, 0.25) is 0 Å². The summed E-state index contributed by atoms with van der Waals surface area (Å²) in [5.74, 6) is 0.375. The van der Waals surface area contributed by atoms with Crippen molar-refractivity contribution in [3.63, 3.8) is 0 Å². The predicted molar refractivity (Wildman–Crippen MR) is 68.8 cm³/mol. The molecule has 2 aromatic carbocycles. The lowest BCUT2D eigenvalue weighted by atomic mass is 10.0. The second-order valence-corrected chi connectivity index (χ2v) is 4.20. The van der Waals surface area contributed by atoms with Crippen LogP contribution in [0.4, 0.5) is 0 Å². The Labute approximate surface area is 101 Å². The lowest BCUT2D eigenvalue weighted by molar-refractivity contribution is 0.508. The van der Waals surface area contributed by atoms with Crippen LogP contribution in [0, 0.1) is 0 Å². The van der Waals surface area contributed by atoms with Crippen molar-refractivity contribution < 1.29 is 12.6 Å². The maximum absolute atomic E-state index is 10.7. The molecule has 4 heteroatoms. The molecule has 0 aliphatic heterocycles. The van der Waals surface area contributed by atoms with Crippen LogP contribution in [0.5, 0.6) is 5.75 Å². The lowest BCUT2D eigenvalue weighted by Crippen LogP contribution is -1.96. The molecule has 3 nitrogen and oxygen atoms in total. The normalized spacial score (nSPS) is 10.6. The molecule has 17 heavy (non-hydrogen) atoms. The summed E-state index contributed by atoms with van der Waals surface area (Å²) in [5, 5.41) is 2.04. The van der Waals surface area contributed by atoms with Gasteiger partial charge in [0, 0.05) is 5.56 Å². The molecule has 0 unspecified atom stereocenters. The summed E-state index contributed by atoms with van der Waals surface area (Å²) in [6.45, 7) is 3.68. The maximum Gasteiger partial charge on any atom is 0.299 e. The molecule has 2 rings (SSSR count). The molecule has 0 saturated carbocycles. The van der Waals surface area contributed by atoms with E-state index >= 15 is 0 Å².